The summed E-state index contributed by atoms with van der Waals surface area (Å²) >= 11 is 0. The minimum Gasteiger partial charge on any atom is -0.317 e. The third kappa shape index (κ3) is 11.9. The van der Waals surface area contributed by atoms with Crippen molar-refractivity contribution in [2.24, 2.45) is 5.92 Å². The first-order valence-corrected chi connectivity index (χ1v) is 6.18. The molecule has 0 atom stereocenters. The van der Waals surface area contributed by atoms with E-state index in [0.717, 1.165) is 13.0 Å². The molecule has 0 rings (SSSR count). The molecule has 0 aliphatic heterocycles. The van der Waals surface area contributed by atoms with E-state index in [4.69, 9.17) is 4.55 Å². The second-order valence-corrected chi connectivity index (χ2v) is 5.14. The molecule has 0 saturated heterocycles. The Kier molecular flexibility index (Phi) is 6.28. The number of hydrogen-bond donors (Lipinski definition) is 2. The van der Waals surface area contributed by atoms with Crippen LogP contribution in [0.2, 0.25) is 0 Å². The lowest BCUT2D eigenvalue weighted by atomic mass is 10.1. The van der Waals surface area contributed by atoms with Crippen molar-refractivity contribution in [2.75, 3.05) is 18.8 Å². The van der Waals surface area contributed by atoms with Crippen molar-refractivity contribution in [3.63, 3.8) is 0 Å². The first kappa shape index (κ1) is 12.9. The largest absolute Gasteiger partial charge is 0.317 e. The lowest BCUT2D eigenvalue weighted by Gasteiger charge is -2.05. The zero-order chi connectivity index (χ0) is 10.3. The van der Waals surface area contributed by atoms with Crippen molar-refractivity contribution >= 4 is 10.1 Å². The summed E-state index contributed by atoms with van der Waals surface area (Å²) in [7, 11) is -3.77. The lowest BCUT2D eigenvalue weighted by molar-refractivity contribution is 0.478. The molecule has 13 heavy (non-hydrogen) atoms. The van der Waals surface area contributed by atoms with Crippen molar-refractivity contribution in [1.29, 1.82) is 0 Å². The van der Waals surface area contributed by atoms with Crippen LogP contribution in [0.5, 0.6) is 0 Å². The van der Waals surface area contributed by atoms with Gasteiger partial charge in [0.1, 0.15) is 0 Å². The maximum absolute atomic E-state index is 10.3. The van der Waals surface area contributed by atoms with E-state index in [0.29, 0.717) is 18.9 Å². The maximum atomic E-state index is 10.3. The molecule has 0 aromatic heterocycles. The first-order chi connectivity index (χ1) is 5.92. The molecule has 0 heterocycles. The van der Waals surface area contributed by atoms with Gasteiger partial charge in [-0.3, -0.25) is 4.55 Å². The topological polar surface area (TPSA) is 66.4 Å². The van der Waals surface area contributed by atoms with Crippen LogP contribution in [0.15, 0.2) is 0 Å². The molecular formula is C8H19NO3S. The molecule has 5 heteroatoms. The lowest BCUT2D eigenvalue weighted by Crippen LogP contribution is -2.20. The van der Waals surface area contributed by atoms with Gasteiger partial charge in [-0.05, 0) is 31.8 Å². The van der Waals surface area contributed by atoms with Gasteiger partial charge in [-0.2, -0.15) is 8.42 Å². The fourth-order valence-corrected chi connectivity index (χ4v) is 1.40. The van der Waals surface area contributed by atoms with Gasteiger partial charge in [0.25, 0.3) is 10.1 Å². The molecule has 4 nitrogen and oxygen atoms in total. The van der Waals surface area contributed by atoms with Gasteiger partial charge in [-0.1, -0.05) is 13.8 Å². The summed E-state index contributed by atoms with van der Waals surface area (Å²) < 4.78 is 29.0. The molecular weight excluding hydrogens is 190 g/mol. The van der Waals surface area contributed by atoms with E-state index in [1.807, 2.05) is 0 Å². The summed E-state index contributed by atoms with van der Waals surface area (Å²) in [5, 5.41) is 3.11. The van der Waals surface area contributed by atoms with Crippen LogP contribution in [0.4, 0.5) is 0 Å². The van der Waals surface area contributed by atoms with Crippen molar-refractivity contribution in [3.8, 4) is 0 Å². The summed E-state index contributed by atoms with van der Waals surface area (Å²) in [6.07, 6.45) is 1.56. The molecule has 0 saturated carbocycles. The van der Waals surface area contributed by atoms with Crippen LogP contribution in [0.1, 0.15) is 26.7 Å². The molecule has 0 amide bonds. The molecule has 80 valence electrons. The minimum atomic E-state index is -3.77. The van der Waals surface area contributed by atoms with E-state index in [9.17, 15) is 8.42 Å². The number of nitrogens with one attached hydrogen (secondary N) is 1. The van der Waals surface area contributed by atoms with E-state index >= 15 is 0 Å². The van der Waals surface area contributed by atoms with E-state index in [2.05, 4.69) is 19.2 Å². The molecule has 0 aliphatic carbocycles. The van der Waals surface area contributed by atoms with Crippen molar-refractivity contribution < 1.29 is 13.0 Å². The monoisotopic (exact) mass is 209 g/mol. The van der Waals surface area contributed by atoms with Gasteiger partial charge in [0, 0.05) is 0 Å². The third-order valence-electron chi connectivity index (χ3n) is 1.65. The van der Waals surface area contributed by atoms with Crippen molar-refractivity contribution in [2.45, 2.75) is 26.7 Å². The quantitative estimate of drug-likeness (QED) is 0.483. The number of hydrogen-bond acceptors (Lipinski definition) is 3. The van der Waals surface area contributed by atoms with Crippen LogP contribution >= 0.6 is 0 Å². The Bertz CT molecular complexity index is 211. The highest BCUT2D eigenvalue weighted by Crippen LogP contribution is 1.96. The Balaban J connectivity index is 3.18. The van der Waals surface area contributed by atoms with Crippen LogP contribution < -0.4 is 5.32 Å². The molecule has 0 radical (unpaired) electrons. The molecule has 0 unspecified atom stereocenters. The van der Waals surface area contributed by atoms with Crippen LogP contribution in [0, 0.1) is 5.92 Å². The van der Waals surface area contributed by atoms with Crippen LogP contribution in [-0.2, 0) is 10.1 Å². The van der Waals surface area contributed by atoms with Gasteiger partial charge in [0.15, 0.2) is 0 Å². The average Bonchev–Trinajstić information content (AvgIpc) is 1.93. The fourth-order valence-electron chi connectivity index (χ4n) is 0.895. The normalized spacial score (nSPS) is 12.3. The van der Waals surface area contributed by atoms with Crippen LogP contribution in [-0.4, -0.2) is 31.8 Å². The smallest absolute Gasteiger partial charge is 0.264 e. The molecule has 2 N–H and O–H groups in total. The standard InChI is InChI=1S/C8H19NO3S/c1-8(2)4-6-9-5-3-7-13(10,11)12/h8-9H,3-7H2,1-2H3,(H,10,11,12). The van der Waals surface area contributed by atoms with E-state index in [1.165, 1.54) is 0 Å². The van der Waals surface area contributed by atoms with Crippen molar-refractivity contribution in [1.82, 2.24) is 5.32 Å². The summed E-state index contributed by atoms with van der Waals surface area (Å²) in [4.78, 5) is 0. The van der Waals surface area contributed by atoms with Gasteiger partial charge < -0.3 is 5.32 Å². The maximum Gasteiger partial charge on any atom is 0.264 e. The third-order valence-corrected chi connectivity index (χ3v) is 2.46. The Labute approximate surface area is 80.5 Å². The molecule has 0 aromatic rings. The highest BCUT2D eigenvalue weighted by Gasteiger charge is 2.02. The highest BCUT2D eigenvalue weighted by molar-refractivity contribution is 7.85. The van der Waals surface area contributed by atoms with Crippen LogP contribution in [0.3, 0.4) is 0 Å². The molecule has 0 spiro atoms. The molecule has 0 fully saturated rings. The first-order valence-electron chi connectivity index (χ1n) is 4.57. The molecule has 0 aromatic carbocycles. The second-order valence-electron chi connectivity index (χ2n) is 3.57. The van der Waals surface area contributed by atoms with E-state index < -0.39 is 10.1 Å². The van der Waals surface area contributed by atoms with Gasteiger partial charge in [0.2, 0.25) is 0 Å². The molecule has 0 aliphatic rings. The average molecular weight is 209 g/mol. The summed E-state index contributed by atoms with van der Waals surface area (Å²) in [5.74, 6) is 0.510. The Morgan fingerprint density at radius 1 is 1.31 bits per heavy atom. The fraction of sp³-hybridized carbons (Fsp3) is 1.00. The van der Waals surface area contributed by atoms with E-state index in [-0.39, 0.29) is 5.75 Å². The zero-order valence-corrected chi connectivity index (χ0v) is 9.10. The Morgan fingerprint density at radius 3 is 2.38 bits per heavy atom. The summed E-state index contributed by atoms with van der Waals surface area (Å²) in [6, 6.07) is 0. The van der Waals surface area contributed by atoms with Crippen LogP contribution in [0.25, 0.3) is 0 Å². The Morgan fingerprint density at radius 2 is 1.92 bits per heavy atom. The molecule has 0 bridgehead atoms. The van der Waals surface area contributed by atoms with Crippen molar-refractivity contribution in [3.05, 3.63) is 0 Å². The zero-order valence-electron chi connectivity index (χ0n) is 8.28. The summed E-state index contributed by atoms with van der Waals surface area (Å²) in [5.41, 5.74) is 0. The summed E-state index contributed by atoms with van der Waals surface area (Å²) in [6.45, 7) is 5.83. The number of rotatable bonds is 7. The van der Waals surface area contributed by atoms with E-state index in [1.54, 1.807) is 0 Å². The predicted octanol–water partition coefficient (Wildman–Crippen LogP) is 0.900. The predicted molar refractivity (Wildman–Crippen MR) is 53.4 cm³/mol. The van der Waals surface area contributed by atoms with Gasteiger partial charge in [-0.25, -0.2) is 0 Å². The van der Waals surface area contributed by atoms with Gasteiger partial charge >= 0.3 is 0 Å². The highest BCUT2D eigenvalue weighted by atomic mass is 32.2. The SMILES string of the molecule is CC(C)CCNCCCS(=O)(=O)O. The Hall–Kier alpha value is -0.130. The van der Waals surface area contributed by atoms with Gasteiger partial charge in [-0.15, -0.1) is 0 Å². The minimum absolute atomic E-state index is 0.151. The second kappa shape index (κ2) is 6.34. The van der Waals surface area contributed by atoms with Gasteiger partial charge in [0.05, 0.1) is 5.75 Å².